The van der Waals surface area contributed by atoms with Crippen molar-refractivity contribution in [2.45, 2.75) is 50.6 Å². The Bertz CT molecular complexity index is 1080. The molecule has 160 valence electrons. The zero-order valence-electron chi connectivity index (χ0n) is 16.9. The van der Waals surface area contributed by atoms with E-state index in [1.54, 1.807) is 18.2 Å². The molecule has 0 saturated carbocycles. The zero-order valence-corrected chi connectivity index (χ0v) is 17.8. The summed E-state index contributed by atoms with van der Waals surface area (Å²) in [6.07, 6.45) is -3.42. The number of hydrogen-bond acceptors (Lipinski definition) is 4. The van der Waals surface area contributed by atoms with Gasteiger partial charge in [0.1, 0.15) is 16.7 Å². The number of phenols is 1. The maximum atomic E-state index is 12.8. The van der Waals surface area contributed by atoms with E-state index >= 15 is 0 Å². The van der Waals surface area contributed by atoms with Gasteiger partial charge in [0.05, 0.1) is 10.5 Å². The van der Waals surface area contributed by atoms with Gasteiger partial charge in [-0.25, -0.2) is 8.42 Å². The molecule has 4 nitrogen and oxygen atoms in total. The van der Waals surface area contributed by atoms with Crippen LogP contribution in [0, 0.1) is 11.3 Å². The van der Waals surface area contributed by atoms with Gasteiger partial charge in [-0.3, -0.25) is 0 Å². The summed E-state index contributed by atoms with van der Waals surface area (Å²) in [6, 6.07) is 7.83. The van der Waals surface area contributed by atoms with Gasteiger partial charge in [-0.05, 0) is 71.0 Å². The predicted molar refractivity (Wildman–Crippen MR) is 109 cm³/mol. The van der Waals surface area contributed by atoms with E-state index in [1.807, 2.05) is 27.7 Å². The molecular formula is C22H22F3NO3S. The third kappa shape index (κ3) is 4.85. The van der Waals surface area contributed by atoms with Crippen molar-refractivity contribution in [2.75, 3.05) is 0 Å². The summed E-state index contributed by atoms with van der Waals surface area (Å²) in [7, 11) is -4.32. The topological polar surface area (TPSA) is 78.2 Å². The normalized spacial score (nSPS) is 13.0. The van der Waals surface area contributed by atoms with E-state index in [-0.39, 0.29) is 17.6 Å². The Kier molecular flexibility index (Phi) is 6.67. The predicted octanol–water partition coefficient (Wildman–Crippen LogP) is 6.00. The van der Waals surface area contributed by atoms with Crippen molar-refractivity contribution in [3.05, 3.63) is 63.6 Å². The lowest BCUT2D eigenvalue weighted by Gasteiger charge is -2.16. The van der Waals surface area contributed by atoms with Crippen molar-refractivity contribution in [3.8, 4) is 11.8 Å². The second kappa shape index (κ2) is 8.52. The highest BCUT2D eigenvalue weighted by Gasteiger charge is 2.31. The van der Waals surface area contributed by atoms with Crippen molar-refractivity contribution >= 4 is 15.9 Å². The van der Waals surface area contributed by atoms with Gasteiger partial charge < -0.3 is 5.11 Å². The number of alkyl halides is 3. The van der Waals surface area contributed by atoms with E-state index in [0.29, 0.717) is 28.8 Å². The Morgan fingerprint density at radius 3 is 1.87 bits per heavy atom. The Hall–Kier alpha value is -2.79. The largest absolute Gasteiger partial charge is 0.507 e. The first kappa shape index (κ1) is 23.5. The minimum absolute atomic E-state index is 0.0482. The highest BCUT2D eigenvalue weighted by Crippen LogP contribution is 2.36. The number of allylic oxidation sites excluding steroid dienone is 1. The third-order valence-corrected chi connectivity index (χ3v) is 6.31. The summed E-state index contributed by atoms with van der Waals surface area (Å²) in [6.45, 7) is 7.49. The highest BCUT2D eigenvalue weighted by molar-refractivity contribution is 7.95. The first-order chi connectivity index (χ1) is 13.8. The van der Waals surface area contributed by atoms with Crippen LogP contribution in [0.15, 0.2) is 46.2 Å². The van der Waals surface area contributed by atoms with Crippen LogP contribution in [0.1, 0.15) is 61.8 Å². The number of nitrogens with zero attached hydrogens (tertiary/aromatic N) is 1. The maximum Gasteiger partial charge on any atom is 0.416 e. The summed E-state index contributed by atoms with van der Waals surface area (Å²) in [4.78, 5) is -1.01. The minimum atomic E-state index is -4.59. The maximum absolute atomic E-state index is 12.8. The summed E-state index contributed by atoms with van der Waals surface area (Å²) < 4.78 is 63.8. The average Bonchev–Trinajstić information content (AvgIpc) is 2.65. The fourth-order valence-electron chi connectivity index (χ4n) is 2.94. The summed E-state index contributed by atoms with van der Waals surface area (Å²) in [5.41, 5.74) is 0.645. The van der Waals surface area contributed by atoms with Crippen LogP contribution in [-0.4, -0.2) is 13.5 Å². The molecule has 0 heterocycles. The molecule has 0 amide bonds. The van der Waals surface area contributed by atoms with Gasteiger partial charge in [-0.1, -0.05) is 27.7 Å². The first-order valence-corrected chi connectivity index (χ1v) is 10.7. The Balaban J connectivity index is 2.60. The number of aromatic hydroxyl groups is 1. The van der Waals surface area contributed by atoms with Gasteiger partial charge in [0, 0.05) is 0 Å². The molecule has 2 rings (SSSR count). The molecule has 0 radical (unpaired) electrons. The second-order valence-corrected chi connectivity index (χ2v) is 9.42. The number of sulfone groups is 1. The minimum Gasteiger partial charge on any atom is -0.507 e. The van der Waals surface area contributed by atoms with E-state index in [0.717, 1.165) is 12.1 Å². The quantitative estimate of drug-likeness (QED) is 0.582. The monoisotopic (exact) mass is 437 g/mol. The third-order valence-electron chi connectivity index (χ3n) is 4.62. The molecule has 0 aliphatic carbocycles. The smallest absolute Gasteiger partial charge is 0.416 e. The van der Waals surface area contributed by atoms with Crippen LogP contribution in [0.3, 0.4) is 0 Å². The molecule has 0 aliphatic rings. The summed E-state index contributed by atoms with van der Waals surface area (Å²) >= 11 is 0. The SMILES string of the molecule is CC(C)c1cc(C=C(C#N)S(=O)(=O)c2ccc(C(F)(F)F)cc2)cc(C(C)C)c1O. The molecule has 0 aliphatic heterocycles. The van der Waals surface area contributed by atoms with E-state index < -0.39 is 31.4 Å². The molecule has 1 N–H and O–H groups in total. The lowest BCUT2D eigenvalue weighted by Crippen LogP contribution is -2.07. The van der Waals surface area contributed by atoms with Crippen LogP contribution in [0.2, 0.25) is 0 Å². The van der Waals surface area contributed by atoms with E-state index in [9.17, 15) is 32.0 Å². The Labute approximate surface area is 174 Å². The molecule has 0 atom stereocenters. The van der Waals surface area contributed by atoms with E-state index in [1.165, 1.54) is 6.08 Å². The first-order valence-electron chi connectivity index (χ1n) is 9.20. The molecule has 2 aromatic carbocycles. The van der Waals surface area contributed by atoms with Crippen LogP contribution in [0.25, 0.3) is 6.08 Å². The van der Waals surface area contributed by atoms with Gasteiger partial charge in [-0.2, -0.15) is 18.4 Å². The molecule has 0 unspecified atom stereocenters. The van der Waals surface area contributed by atoms with Gasteiger partial charge >= 0.3 is 6.18 Å². The van der Waals surface area contributed by atoms with Crippen molar-refractivity contribution in [1.82, 2.24) is 0 Å². The average molecular weight is 437 g/mol. The lowest BCUT2D eigenvalue weighted by atomic mass is 9.91. The van der Waals surface area contributed by atoms with Crippen molar-refractivity contribution in [1.29, 1.82) is 5.26 Å². The summed E-state index contributed by atoms with van der Waals surface area (Å²) in [5.74, 6) is 0.0297. The number of halogens is 3. The van der Waals surface area contributed by atoms with Gasteiger partial charge in [0.25, 0.3) is 0 Å². The fraction of sp³-hybridized carbons (Fsp3) is 0.318. The second-order valence-electron chi connectivity index (χ2n) is 7.50. The van der Waals surface area contributed by atoms with Crippen LogP contribution in [0.5, 0.6) is 5.75 Å². The van der Waals surface area contributed by atoms with Crippen molar-refractivity contribution < 1.29 is 26.7 Å². The molecule has 0 fully saturated rings. The molecule has 0 aromatic heterocycles. The molecule has 0 saturated heterocycles. The molecule has 0 bridgehead atoms. The lowest BCUT2D eigenvalue weighted by molar-refractivity contribution is -0.137. The van der Waals surface area contributed by atoms with Crippen LogP contribution < -0.4 is 0 Å². The van der Waals surface area contributed by atoms with Crippen molar-refractivity contribution in [3.63, 3.8) is 0 Å². The number of benzene rings is 2. The highest BCUT2D eigenvalue weighted by atomic mass is 32.2. The van der Waals surface area contributed by atoms with Crippen molar-refractivity contribution in [2.24, 2.45) is 0 Å². The van der Waals surface area contributed by atoms with E-state index in [4.69, 9.17) is 0 Å². The molecule has 30 heavy (non-hydrogen) atoms. The van der Waals surface area contributed by atoms with E-state index in [2.05, 4.69) is 0 Å². The molecule has 2 aromatic rings. The summed E-state index contributed by atoms with van der Waals surface area (Å²) in [5, 5.41) is 19.9. The molecule has 0 spiro atoms. The molecule has 8 heteroatoms. The number of phenolic OH excluding ortho intramolecular Hbond substituents is 1. The number of nitriles is 1. The van der Waals surface area contributed by atoms with Crippen LogP contribution in [0.4, 0.5) is 13.2 Å². The Morgan fingerprint density at radius 2 is 1.50 bits per heavy atom. The van der Waals surface area contributed by atoms with Crippen LogP contribution in [-0.2, 0) is 16.0 Å². The van der Waals surface area contributed by atoms with Gasteiger partial charge in [-0.15, -0.1) is 0 Å². The van der Waals surface area contributed by atoms with Crippen LogP contribution >= 0.6 is 0 Å². The Morgan fingerprint density at radius 1 is 1.03 bits per heavy atom. The number of rotatable bonds is 5. The standard InChI is InChI=1S/C22H22F3NO3S/c1-13(2)19-10-15(11-20(14(3)4)21(19)27)9-18(12-26)30(28,29)17-7-5-16(6-8-17)22(23,24)25/h5-11,13-14,27H,1-4H3. The number of hydrogen-bond donors (Lipinski definition) is 1. The fourth-order valence-corrected chi connectivity index (χ4v) is 4.10. The van der Waals surface area contributed by atoms with Gasteiger partial charge in [0.2, 0.25) is 9.84 Å². The van der Waals surface area contributed by atoms with Gasteiger partial charge in [0.15, 0.2) is 0 Å². The zero-order chi connectivity index (χ0) is 22.9. The molecular weight excluding hydrogens is 415 g/mol.